The molecule has 3 aromatic rings. The number of carbonyl (C=O) groups excluding carboxylic acids is 2. The number of thiophene rings is 1. The molecule has 10 heteroatoms. The fourth-order valence-corrected chi connectivity index (χ4v) is 5.46. The summed E-state index contributed by atoms with van der Waals surface area (Å²) in [6.45, 7) is 3.17. The third kappa shape index (κ3) is 3.21. The molecular formula is C20H20N4O5S. The number of hydrogen-bond donors (Lipinski definition) is 1. The third-order valence-corrected chi connectivity index (χ3v) is 6.88. The molecule has 1 N–H and O–H groups in total. The van der Waals surface area contributed by atoms with Gasteiger partial charge < -0.3 is 14.5 Å². The summed E-state index contributed by atoms with van der Waals surface area (Å²) < 4.78 is 10.9. The van der Waals surface area contributed by atoms with Crippen LogP contribution >= 0.6 is 11.3 Å². The quantitative estimate of drug-likeness (QED) is 0.680. The Balaban J connectivity index is 1.48. The van der Waals surface area contributed by atoms with Crippen molar-refractivity contribution in [2.24, 2.45) is 0 Å². The molecule has 0 unspecified atom stereocenters. The van der Waals surface area contributed by atoms with E-state index >= 15 is 0 Å². The van der Waals surface area contributed by atoms with Gasteiger partial charge in [0, 0.05) is 36.8 Å². The molecule has 2 saturated heterocycles. The SMILES string of the molecule is O=C(c1sc2ccccc2c1[C@H]1CCN(C(=O)c2no[nH]c2=O)C1)N1CCOCC1. The van der Waals surface area contributed by atoms with Gasteiger partial charge in [0.05, 0.1) is 18.1 Å². The van der Waals surface area contributed by atoms with Gasteiger partial charge in [-0.3, -0.25) is 19.0 Å². The van der Waals surface area contributed by atoms with Crippen molar-refractivity contribution in [1.29, 1.82) is 0 Å². The largest absolute Gasteiger partial charge is 0.378 e. The Morgan fingerprint density at radius 1 is 1.10 bits per heavy atom. The zero-order chi connectivity index (χ0) is 20.7. The predicted octanol–water partition coefficient (Wildman–Crippen LogP) is 1.68. The number of fused-ring (bicyclic) bond motifs is 1. The summed E-state index contributed by atoms with van der Waals surface area (Å²) >= 11 is 1.50. The highest BCUT2D eigenvalue weighted by Gasteiger charge is 2.35. The highest BCUT2D eigenvalue weighted by atomic mass is 32.1. The fraction of sp³-hybridized carbons (Fsp3) is 0.400. The number of H-pyrrole nitrogens is 1. The number of aromatic amines is 1. The molecule has 0 aliphatic carbocycles. The van der Waals surface area contributed by atoms with Crippen molar-refractivity contribution in [3.05, 3.63) is 50.8 Å². The minimum atomic E-state index is -0.632. The Labute approximate surface area is 175 Å². The molecule has 2 fully saturated rings. The normalized spacial score (nSPS) is 19.5. The van der Waals surface area contributed by atoms with Crippen molar-refractivity contribution in [2.45, 2.75) is 12.3 Å². The Hall–Kier alpha value is -2.98. The lowest BCUT2D eigenvalue weighted by Gasteiger charge is -2.27. The molecule has 2 aliphatic rings. The van der Waals surface area contributed by atoms with Crippen molar-refractivity contribution in [2.75, 3.05) is 39.4 Å². The van der Waals surface area contributed by atoms with E-state index in [4.69, 9.17) is 4.74 Å². The Morgan fingerprint density at radius 2 is 1.90 bits per heavy atom. The van der Waals surface area contributed by atoms with Gasteiger partial charge in [-0.2, -0.15) is 5.16 Å². The van der Waals surface area contributed by atoms with Gasteiger partial charge in [-0.05, 0) is 28.6 Å². The van der Waals surface area contributed by atoms with Gasteiger partial charge in [-0.25, -0.2) is 0 Å². The molecule has 1 aromatic carbocycles. The lowest BCUT2D eigenvalue weighted by Crippen LogP contribution is -2.40. The lowest BCUT2D eigenvalue weighted by molar-refractivity contribution is 0.0305. The summed E-state index contributed by atoms with van der Waals surface area (Å²) in [5.74, 6) is -0.420. The Kier molecular flexibility index (Phi) is 4.87. The van der Waals surface area contributed by atoms with E-state index in [9.17, 15) is 14.4 Å². The van der Waals surface area contributed by atoms with Crippen molar-refractivity contribution in [3.8, 4) is 0 Å². The monoisotopic (exact) mass is 428 g/mol. The van der Waals surface area contributed by atoms with E-state index in [1.54, 1.807) is 4.90 Å². The maximum atomic E-state index is 13.3. The van der Waals surface area contributed by atoms with Gasteiger partial charge in [0.1, 0.15) is 0 Å². The minimum Gasteiger partial charge on any atom is -0.378 e. The topological polar surface area (TPSA) is 109 Å². The summed E-state index contributed by atoms with van der Waals surface area (Å²) in [6, 6.07) is 7.98. The van der Waals surface area contributed by atoms with Crippen LogP contribution in [-0.2, 0) is 4.74 Å². The Morgan fingerprint density at radius 3 is 2.67 bits per heavy atom. The molecule has 5 rings (SSSR count). The Bertz CT molecular complexity index is 1160. The van der Waals surface area contributed by atoms with Crippen LogP contribution in [0, 0.1) is 0 Å². The van der Waals surface area contributed by atoms with Gasteiger partial charge in [-0.15, -0.1) is 11.3 Å². The van der Waals surface area contributed by atoms with Crippen molar-refractivity contribution in [1.82, 2.24) is 20.1 Å². The summed E-state index contributed by atoms with van der Waals surface area (Å²) in [5, 5.41) is 6.60. The van der Waals surface area contributed by atoms with Crippen molar-refractivity contribution in [3.63, 3.8) is 0 Å². The van der Waals surface area contributed by atoms with Gasteiger partial charge in [0.15, 0.2) is 0 Å². The van der Waals surface area contributed by atoms with E-state index in [2.05, 4.69) is 9.79 Å². The number of likely N-dealkylation sites (tertiary alicyclic amines) is 1. The number of ether oxygens (including phenoxy) is 1. The van der Waals surface area contributed by atoms with E-state index in [1.165, 1.54) is 11.3 Å². The molecule has 0 radical (unpaired) electrons. The number of rotatable bonds is 3. The summed E-state index contributed by atoms with van der Waals surface area (Å²) in [4.78, 5) is 41.9. The summed E-state index contributed by atoms with van der Waals surface area (Å²) in [7, 11) is 0. The van der Waals surface area contributed by atoms with Crippen LogP contribution in [0.5, 0.6) is 0 Å². The zero-order valence-corrected chi connectivity index (χ0v) is 16.9. The maximum absolute atomic E-state index is 13.3. The smallest absolute Gasteiger partial charge is 0.313 e. The van der Waals surface area contributed by atoms with Crippen LogP contribution < -0.4 is 5.56 Å². The molecule has 2 aliphatic heterocycles. The minimum absolute atomic E-state index is 0.0103. The molecule has 30 heavy (non-hydrogen) atoms. The molecule has 9 nitrogen and oxygen atoms in total. The number of benzene rings is 1. The number of amides is 2. The molecule has 0 spiro atoms. The van der Waals surface area contributed by atoms with Crippen molar-refractivity contribution < 1.29 is 19.0 Å². The number of carbonyl (C=O) groups is 2. The standard InChI is InChI=1S/C20H20N4O5S/c25-18-16(21-29-22-18)19(26)24-6-5-12(11-24)15-13-3-1-2-4-14(13)30-17(15)20(27)23-7-9-28-10-8-23/h1-4,12H,5-11H2,(H,22,25)/t12-/m0/s1. The number of morpholine rings is 1. The van der Waals surface area contributed by atoms with E-state index < -0.39 is 11.5 Å². The van der Waals surface area contributed by atoms with Crippen LogP contribution in [0.15, 0.2) is 33.7 Å². The lowest BCUT2D eigenvalue weighted by atomic mass is 9.94. The first-order valence-electron chi connectivity index (χ1n) is 9.85. The fourth-order valence-electron chi connectivity index (χ4n) is 4.21. The molecule has 0 bridgehead atoms. The first-order valence-corrected chi connectivity index (χ1v) is 10.7. The van der Waals surface area contributed by atoms with Gasteiger partial charge in [-0.1, -0.05) is 18.2 Å². The van der Waals surface area contributed by atoms with Crippen LogP contribution in [0.4, 0.5) is 0 Å². The molecule has 4 heterocycles. The molecular weight excluding hydrogens is 408 g/mol. The van der Waals surface area contributed by atoms with Crippen LogP contribution in [0.1, 0.15) is 38.1 Å². The summed E-state index contributed by atoms with van der Waals surface area (Å²) in [6.07, 6.45) is 0.714. The molecule has 2 aromatic heterocycles. The van der Waals surface area contributed by atoms with Gasteiger partial charge >= 0.3 is 5.56 Å². The highest BCUT2D eigenvalue weighted by molar-refractivity contribution is 7.21. The molecule has 156 valence electrons. The van der Waals surface area contributed by atoms with E-state index in [0.29, 0.717) is 45.8 Å². The molecule has 0 saturated carbocycles. The zero-order valence-electron chi connectivity index (χ0n) is 16.1. The van der Waals surface area contributed by atoms with E-state index in [-0.39, 0.29) is 17.5 Å². The summed E-state index contributed by atoms with van der Waals surface area (Å²) in [5.41, 5.74) is 0.125. The predicted molar refractivity (Wildman–Crippen MR) is 109 cm³/mol. The number of aromatic nitrogens is 2. The van der Waals surface area contributed by atoms with Crippen LogP contribution in [0.3, 0.4) is 0 Å². The van der Waals surface area contributed by atoms with Crippen LogP contribution in [-0.4, -0.2) is 71.3 Å². The second-order valence-corrected chi connectivity index (χ2v) is 8.50. The average molecular weight is 428 g/mol. The van der Waals surface area contributed by atoms with Gasteiger partial charge in [0.2, 0.25) is 5.69 Å². The second kappa shape index (κ2) is 7.69. The third-order valence-electron chi connectivity index (χ3n) is 5.70. The number of nitrogens with one attached hydrogen (secondary N) is 1. The molecule has 2 amide bonds. The van der Waals surface area contributed by atoms with Crippen LogP contribution in [0.2, 0.25) is 0 Å². The second-order valence-electron chi connectivity index (χ2n) is 7.44. The first-order chi connectivity index (χ1) is 14.6. The van der Waals surface area contributed by atoms with Crippen molar-refractivity contribution >= 4 is 33.2 Å². The number of nitrogens with zero attached hydrogens (tertiary/aromatic N) is 3. The highest BCUT2D eigenvalue weighted by Crippen LogP contribution is 2.40. The van der Waals surface area contributed by atoms with Crippen LogP contribution in [0.25, 0.3) is 10.1 Å². The molecule has 1 atom stereocenters. The number of hydrogen-bond acceptors (Lipinski definition) is 7. The van der Waals surface area contributed by atoms with E-state index in [0.717, 1.165) is 20.5 Å². The van der Waals surface area contributed by atoms with Gasteiger partial charge in [0.25, 0.3) is 11.8 Å². The first kappa shape index (κ1) is 19.0. The average Bonchev–Trinajstić information content (AvgIpc) is 3.51. The van der Waals surface area contributed by atoms with E-state index in [1.807, 2.05) is 34.3 Å². The maximum Gasteiger partial charge on any atom is 0.313 e.